The summed E-state index contributed by atoms with van der Waals surface area (Å²) in [4.78, 5) is 3.73. The first-order valence-corrected chi connectivity index (χ1v) is 3.41. The Hall–Kier alpha value is -0.540. The maximum absolute atomic E-state index is 5.60. The van der Waals surface area contributed by atoms with Crippen molar-refractivity contribution < 1.29 is 0 Å². The molecule has 0 amide bonds. The van der Waals surface area contributed by atoms with Crippen LogP contribution in [-0.4, -0.2) is 14.8 Å². The summed E-state index contributed by atoms with van der Waals surface area (Å²) in [5, 5.41) is 4.36. The molecule has 0 N–H and O–H groups in total. The SMILES string of the molecule is ClC=C(Cl)Cn1cncn1. The molecule has 0 saturated heterocycles. The van der Waals surface area contributed by atoms with E-state index in [2.05, 4.69) is 10.1 Å². The Bertz CT molecular complexity index is 217. The Labute approximate surface area is 68.3 Å². The molecule has 54 valence electrons. The topological polar surface area (TPSA) is 30.7 Å². The number of nitrogens with zero attached hydrogens (tertiary/aromatic N) is 3. The van der Waals surface area contributed by atoms with Gasteiger partial charge in [0.05, 0.1) is 11.6 Å². The Kier molecular flexibility index (Phi) is 2.71. The highest BCUT2D eigenvalue weighted by Crippen LogP contribution is 2.04. The van der Waals surface area contributed by atoms with Crippen LogP contribution in [-0.2, 0) is 6.54 Å². The lowest BCUT2D eigenvalue weighted by molar-refractivity contribution is 0.693. The third kappa shape index (κ3) is 2.01. The van der Waals surface area contributed by atoms with Gasteiger partial charge in [-0.3, -0.25) is 0 Å². The van der Waals surface area contributed by atoms with Gasteiger partial charge >= 0.3 is 0 Å². The fraction of sp³-hybridized carbons (Fsp3) is 0.200. The van der Waals surface area contributed by atoms with Gasteiger partial charge in [0, 0.05) is 5.54 Å². The molecule has 3 nitrogen and oxygen atoms in total. The van der Waals surface area contributed by atoms with Crippen molar-refractivity contribution in [2.75, 3.05) is 0 Å². The van der Waals surface area contributed by atoms with E-state index in [1.54, 1.807) is 11.0 Å². The smallest absolute Gasteiger partial charge is 0.137 e. The van der Waals surface area contributed by atoms with Gasteiger partial charge in [0.1, 0.15) is 12.7 Å². The van der Waals surface area contributed by atoms with Gasteiger partial charge in [-0.05, 0) is 0 Å². The first-order chi connectivity index (χ1) is 4.83. The standard InChI is InChI=1S/C5H5Cl2N3/c6-1-5(7)2-10-4-8-3-9-10/h1,3-4H,2H2. The molecule has 0 spiro atoms. The second-order valence-electron chi connectivity index (χ2n) is 1.65. The molecular formula is C5H5Cl2N3. The lowest BCUT2D eigenvalue weighted by Gasteiger charge is -1.94. The molecular weight excluding hydrogens is 173 g/mol. The average molecular weight is 178 g/mol. The van der Waals surface area contributed by atoms with Crippen LogP contribution in [0.25, 0.3) is 0 Å². The fourth-order valence-corrected chi connectivity index (χ4v) is 0.695. The molecule has 0 saturated carbocycles. The molecule has 5 heteroatoms. The number of rotatable bonds is 2. The van der Waals surface area contributed by atoms with Crippen LogP contribution in [0.3, 0.4) is 0 Å². The van der Waals surface area contributed by atoms with Crippen LogP contribution >= 0.6 is 23.2 Å². The van der Waals surface area contributed by atoms with Crippen LogP contribution in [0.5, 0.6) is 0 Å². The van der Waals surface area contributed by atoms with Gasteiger partial charge in [0.2, 0.25) is 0 Å². The van der Waals surface area contributed by atoms with Crippen LogP contribution in [0.2, 0.25) is 0 Å². The highest BCUT2D eigenvalue weighted by molar-refractivity contribution is 6.36. The van der Waals surface area contributed by atoms with Crippen molar-refractivity contribution in [3.63, 3.8) is 0 Å². The van der Waals surface area contributed by atoms with Crippen molar-refractivity contribution in [1.82, 2.24) is 14.8 Å². The minimum atomic E-state index is 0.477. The predicted molar refractivity (Wildman–Crippen MR) is 39.8 cm³/mol. The molecule has 0 unspecified atom stereocenters. The van der Waals surface area contributed by atoms with Crippen molar-refractivity contribution in [1.29, 1.82) is 0 Å². The molecule has 1 aromatic heterocycles. The second-order valence-corrected chi connectivity index (χ2v) is 2.35. The number of halogens is 2. The largest absolute Gasteiger partial charge is 0.248 e. The van der Waals surface area contributed by atoms with E-state index in [4.69, 9.17) is 23.2 Å². The van der Waals surface area contributed by atoms with Crippen molar-refractivity contribution in [2.45, 2.75) is 6.54 Å². The van der Waals surface area contributed by atoms with Gasteiger partial charge in [-0.25, -0.2) is 9.67 Å². The summed E-state index contributed by atoms with van der Waals surface area (Å²) in [6.45, 7) is 0.477. The van der Waals surface area contributed by atoms with E-state index in [9.17, 15) is 0 Å². The van der Waals surface area contributed by atoms with Crippen LogP contribution in [0.1, 0.15) is 0 Å². The van der Waals surface area contributed by atoms with Crippen molar-refractivity contribution in [2.24, 2.45) is 0 Å². The molecule has 0 aliphatic heterocycles. The maximum Gasteiger partial charge on any atom is 0.137 e. The molecule has 0 aliphatic rings. The molecule has 0 aliphatic carbocycles. The zero-order valence-electron chi connectivity index (χ0n) is 5.04. The van der Waals surface area contributed by atoms with Gasteiger partial charge in [0.15, 0.2) is 0 Å². The first-order valence-electron chi connectivity index (χ1n) is 2.60. The Morgan fingerprint density at radius 3 is 3.00 bits per heavy atom. The summed E-state index contributed by atoms with van der Waals surface area (Å²) in [5.74, 6) is 0. The van der Waals surface area contributed by atoms with E-state index >= 15 is 0 Å². The highest BCUT2D eigenvalue weighted by Gasteiger charge is 1.92. The van der Waals surface area contributed by atoms with E-state index in [1.807, 2.05) is 0 Å². The van der Waals surface area contributed by atoms with E-state index in [1.165, 1.54) is 11.9 Å². The van der Waals surface area contributed by atoms with E-state index in [-0.39, 0.29) is 0 Å². The van der Waals surface area contributed by atoms with Crippen molar-refractivity contribution >= 4 is 23.2 Å². The quantitative estimate of drug-likeness (QED) is 0.688. The zero-order chi connectivity index (χ0) is 7.40. The first kappa shape index (κ1) is 7.57. The summed E-state index contributed by atoms with van der Waals surface area (Å²) < 4.78 is 1.58. The van der Waals surface area contributed by atoms with E-state index in [0.717, 1.165) is 0 Å². The average Bonchev–Trinajstić information content (AvgIpc) is 2.40. The van der Waals surface area contributed by atoms with E-state index < -0.39 is 0 Å². The maximum atomic E-state index is 5.60. The third-order valence-electron chi connectivity index (χ3n) is 0.898. The molecule has 0 fully saturated rings. The summed E-state index contributed by atoms with van der Waals surface area (Å²) >= 11 is 10.9. The fourth-order valence-electron chi connectivity index (χ4n) is 0.504. The predicted octanol–water partition coefficient (Wildman–Crippen LogP) is 1.60. The summed E-state index contributed by atoms with van der Waals surface area (Å²) in [6.07, 6.45) is 3.02. The minimum Gasteiger partial charge on any atom is -0.248 e. The number of aromatic nitrogens is 3. The monoisotopic (exact) mass is 177 g/mol. The Morgan fingerprint density at radius 1 is 1.70 bits per heavy atom. The normalized spacial score (nSPS) is 12.0. The number of allylic oxidation sites excluding steroid dienone is 1. The summed E-state index contributed by atoms with van der Waals surface area (Å²) in [5.41, 5.74) is 1.31. The molecule has 1 rings (SSSR count). The molecule has 0 atom stereocenters. The van der Waals surface area contributed by atoms with Crippen molar-refractivity contribution in [3.05, 3.63) is 23.2 Å². The molecule has 0 bridgehead atoms. The molecule has 0 radical (unpaired) electrons. The zero-order valence-corrected chi connectivity index (χ0v) is 6.55. The van der Waals surface area contributed by atoms with Gasteiger partial charge in [-0.15, -0.1) is 0 Å². The van der Waals surface area contributed by atoms with Crippen LogP contribution in [0.4, 0.5) is 0 Å². The second kappa shape index (κ2) is 3.58. The third-order valence-corrected chi connectivity index (χ3v) is 1.50. The summed E-state index contributed by atoms with van der Waals surface area (Å²) in [7, 11) is 0. The highest BCUT2D eigenvalue weighted by atomic mass is 35.5. The van der Waals surface area contributed by atoms with Gasteiger partial charge in [0.25, 0.3) is 0 Å². The van der Waals surface area contributed by atoms with Crippen LogP contribution in [0, 0.1) is 0 Å². The van der Waals surface area contributed by atoms with Crippen molar-refractivity contribution in [3.8, 4) is 0 Å². The van der Waals surface area contributed by atoms with Gasteiger partial charge in [-0.2, -0.15) is 5.10 Å². The van der Waals surface area contributed by atoms with Crippen LogP contribution in [0.15, 0.2) is 23.2 Å². The molecule has 1 heterocycles. The van der Waals surface area contributed by atoms with E-state index in [0.29, 0.717) is 11.6 Å². The lowest BCUT2D eigenvalue weighted by atomic mass is 10.6. The van der Waals surface area contributed by atoms with Gasteiger partial charge in [-0.1, -0.05) is 23.2 Å². The molecule has 10 heavy (non-hydrogen) atoms. The molecule has 1 aromatic rings. The van der Waals surface area contributed by atoms with Crippen LogP contribution < -0.4 is 0 Å². The lowest BCUT2D eigenvalue weighted by Crippen LogP contribution is -1.97. The number of hydrogen-bond acceptors (Lipinski definition) is 2. The Morgan fingerprint density at radius 2 is 2.50 bits per heavy atom. The summed E-state index contributed by atoms with van der Waals surface area (Å²) in [6, 6.07) is 0. The van der Waals surface area contributed by atoms with Gasteiger partial charge < -0.3 is 0 Å². The molecule has 0 aromatic carbocycles. The number of hydrogen-bond donors (Lipinski definition) is 0. The Balaban J connectivity index is 2.56. The minimum absolute atomic E-state index is 0.477.